The number of amides is 1. The first-order chi connectivity index (χ1) is 6.79. The van der Waals surface area contributed by atoms with E-state index in [9.17, 15) is 4.79 Å². The number of nitrogens with one attached hydrogen (secondary N) is 1. The molecule has 1 amide bonds. The summed E-state index contributed by atoms with van der Waals surface area (Å²) >= 11 is 0. The predicted molar refractivity (Wildman–Crippen MR) is 54.0 cm³/mol. The highest BCUT2D eigenvalue weighted by Gasteiger charge is 2.36. The lowest BCUT2D eigenvalue weighted by Gasteiger charge is -2.42. The van der Waals surface area contributed by atoms with Gasteiger partial charge in [0.2, 0.25) is 0 Å². The summed E-state index contributed by atoms with van der Waals surface area (Å²) in [7, 11) is 0. The van der Waals surface area contributed by atoms with Gasteiger partial charge in [-0.15, -0.1) is 0 Å². The van der Waals surface area contributed by atoms with Crippen molar-refractivity contribution in [1.29, 1.82) is 0 Å². The Morgan fingerprint density at radius 1 is 1.36 bits per heavy atom. The van der Waals surface area contributed by atoms with Crippen LogP contribution in [0.3, 0.4) is 0 Å². The van der Waals surface area contributed by atoms with E-state index in [0.29, 0.717) is 18.6 Å². The Morgan fingerprint density at radius 2 is 2.07 bits per heavy atom. The Hall–Kier alpha value is -0.730. The second-order valence-electron chi connectivity index (χ2n) is 4.49. The molecule has 0 heterocycles. The van der Waals surface area contributed by atoms with Crippen LogP contribution >= 0.6 is 0 Å². The van der Waals surface area contributed by atoms with Gasteiger partial charge in [0.25, 0.3) is 0 Å². The van der Waals surface area contributed by atoms with E-state index in [2.05, 4.69) is 5.32 Å². The quantitative estimate of drug-likeness (QED) is 0.737. The first kappa shape index (κ1) is 9.81. The van der Waals surface area contributed by atoms with Gasteiger partial charge in [-0.1, -0.05) is 12.8 Å². The molecule has 3 nitrogen and oxygen atoms in total. The van der Waals surface area contributed by atoms with Crippen LogP contribution in [-0.2, 0) is 4.74 Å². The molecule has 0 spiro atoms. The molecule has 3 fully saturated rings. The van der Waals surface area contributed by atoms with Gasteiger partial charge in [0.15, 0.2) is 0 Å². The van der Waals surface area contributed by atoms with Crippen LogP contribution < -0.4 is 5.32 Å². The molecule has 0 radical (unpaired) electrons. The van der Waals surface area contributed by atoms with Crippen molar-refractivity contribution in [1.82, 2.24) is 5.32 Å². The number of alkyl carbamates (subject to hydrolysis) is 1. The molecule has 3 rings (SSSR count). The van der Waals surface area contributed by atoms with Gasteiger partial charge in [-0.05, 0) is 38.0 Å². The van der Waals surface area contributed by atoms with E-state index in [-0.39, 0.29) is 6.09 Å². The summed E-state index contributed by atoms with van der Waals surface area (Å²) in [4.78, 5) is 11.3. The van der Waals surface area contributed by atoms with Crippen molar-refractivity contribution >= 4 is 6.09 Å². The van der Waals surface area contributed by atoms with Crippen LogP contribution in [0.2, 0.25) is 0 Å². The molecule has 0 saturated heterocycles. The number of hydrogen-bond donors (Lipinski definition) is 1. The number of carbonyl (C=O) groups is 1. The minimum atomic E-state index is -0.231. The molecule has 0 aromatic rings. The molecule has 3 saturated carbocycles. The molecule has 3 heteroatoms. The zero-order chi connectivity index (χ0) is 9.97. The van der Waals surface area contributed by atoms with Gasteiger partial charge in [0.1, 0.15) is 0 Å². The summed E-state index contributed by atoms with van der Waals surface area (Å²) < 4.78 is 4.90. The number of rotatable bonds is 2. The molecule has 2 bridgehead atoms. The molecular weight excluding hydrogens is 178 g/mol. The van der Waals surface area contributed by atoms with Gasteiger partial charge in [0, 0.05) is 6.04 Å². The summed E-state index contributed by atoms with van der Waals surface area (Å²) in [6.07, 6.45) is 6.26. The molecular formula is C11H19NO2. The van der Waals surface area contributed by atoms with E-state index in [1.165, 1.54) is 32.1 Å². The number of carbonyl (C=O) groups excluding carboxylic acids is 1. The maximum Gasteiger partial charge on any atom is 0.407 e. The van der Waals surface area contributed by atoms with Gasteiger partial charge in [0.05, 0.1) is 6.61 Å². The lowest BCUT2D eigenvalue weighted by Crippen LogP contribution is -2.47. The lowest BCUT2D eigenvalue weighted by atomic mass is 9.68. The summed E-state index contributed by atoms with van der Waals surface area (Å²) in [5.41, 5.74) is 0. The molecule has 1 unspecified atom stereocenters. The highest BCUT2D eigenvalue weighted by molar-refractivity contribution is 5.67. The highest BCUT2D eigenvalue weighted by atomic mass is 16.5. The van der Waals surface area contributed by atoms with Crippen molar-refractivity contribution in [3.63, 3.8) is 0 Å². The molecule has 14 heavy (non-hydrogen) atoms. The third-order valence-corrected chi connectivity index (χ3v) is 3.63. The molecule has 3 aliphatic carbocycles. The maximum atomic E-state index is 11.3. The maximum absolute atomic E-state index is 11.3. The van der Waals surface area contributed by atoms with Gasteiger partial charge in [-0.3, -0.25) is 0 Å². The van der Waals surface area contributed by atoms with Crippen LogP contribution in [0.15, 0.2) is 0 Å². The van der Waals surface area contributed by atoms with E-state index in [1.54, 1.807) is 0 Å². The van der Waals surface area contributed by atoms with Gasteiger partial charge >= 0.3 is 6.09 Å². The fourth-order valence-corrected chi connectivity index (χ4v) is 2.88. The Labute approximate surface area is 85.2 Å². The van der Waals surface area contributed by atoms with Crippen molar-refractivity contribution in [3.05, 3.63) is 0 Å². The molecule has 1 atom stereocenters. The first-order valence-corrected chi connectivity index (χ1v) is 5.73. The molecule has 0 aromatic heterocycles. The second-order valence-corrected chi connectivity index (χ2v) is 4.49. The first-order valence-electron chi connectivity index (χ1n) is 5.73. The average molecular weight is 197 g/mol. The minimum absolute atomic E-state index is 0.231. The lowest BCUT2D eigenvalue weighted by molar-refractivity contribution is 0.103. The minimum Gasteiger partial charge on any atom is -0.450 e. The largest absolute Gasteiger partial charge is 0.450 e. The van der Waals surface area contributed by atoms with E-state index in [0.717, 1.165) is 5.92 Å². The predicted octanol–water partition coefficient (Wildman–Crippen LogP) is 2.31. The van der Waals surface area contributed by atoms with Crippen LogP contribution in [0.25, 0.3) is 0 Å². The number of hydrogen-bond acceptors (Lipinski definition) is 2. The third kappa shape index (κ3) is 2.02. The zero-order valence-corrected chi connectivity index (χ0v) is 8.79. The molecule has 0 aliphatic heterocycles. The van der Waals surface area contributed by atoms with Crippen LogP contribution in [0, 0.1) is 11.8 Å². The van der Waals surface area contributed by atoms with Crippen LogP contribution in [0.5, 0.6) is 0 Å². The van der Waals surface area contributed by atoms with Gasteiger partial charge in [-0.25, -0.2) is 4.79 Å². The summed E-state index contributed by atoms with van der Waals surface area (Å²) in [5, 5.41) is 2.99. The Kier molecular flexibility index (Phi) is 2.94. The third-order valence-electron chi connectivity index (χ3n) is 3.63. The van der Waals surface area contributed by atoms with Crippen LogP contribution in [-0.4, -0.2) is 18.7 Å². The summed E-state index contributed by atoms with van der Waals surface area (Å²) in [5.74, 6) is 1.57. The van der Waals surface area contributed by atoms with Crippen molar-refractivity contribution in [3.8, 4) is 0 Å². The molecule has 1 N–H and O–H groups in total. The number of ether oxygens (including phenoxy) is 1. The topological polar surface area (TPSA) is 38.3 Å². The van der Waals surface area contributed by atoms with E-state index >= 15 is 0 Å². The van der Waals surface area contributed by atoms with E-state index in [4.69, 9.17) is 4.74 Å². The van der Waals surface area contributed by atoms with E-state index in [1.807, 2.05) is 6.92 Å². The van der Waals surface area contributed by atoms with Crippen LogP contribution in [0.1, 0.15) is 39.0 Å². The van der Waals surface area contributed by atoms with Crippen molar-refractivity contribution in [2.75, 3.05) is 6.61 Å². The fourth-order valence-electron chi connectivity index (χ4n) is 2.88. The Balaban J connectivity index is 1.83. The normalized spacial score (nSPS) is 35.4. The van der Waals surface area contributed by atoms with Crippen molar-refractivity contribution < 1.29 is 9.53 Å². The van der Waals surface area contributed by atoms with Gasteiger partial charge < -0.3 is 10.1 Å². The van der Waals surface area contributed by atoms with Gasteiger partial charge in [-0.2, -0.15) is 0 Å². The molecule has 3 aliphatic rings. The van der Waals surface area contributed by atoms with Crippen molar-refractivity contribution in [2.45, 2.75) is 45.1 Å². The SMILES string of the molecule is CCOC(=O)NC1CC2CCC1CC2. The fraction of sp³-hybridized carbons (Fsp3) is 0.909. The van der Waals surface area contributed by atoms with Crippen LogP contribution in [0.4, 0.5) is 4.79 Å². The Bertz CT molecular complexity index is 209. The monoisotopic (exact) mass is 197 g/mol. The molecule has 0 aromatic carbocycles. The Morgan fingerprint density at radius 3 is 2.57 bits per heavy atom. The zero-order valence-electron chi connectivity index (χ0n) is 8.79. The smallest absolute Gasteiger partial charge is 0.407 e. The summed E-state index contributed by atoms with van der Waals surface area (Å²) in [6, 6.07) is 0.390. The average Bonchev–Trinajstić information content (AvgIpc) is 2.19. The standard InChI is InChI=1S/C11H19NO2/c1-2-14-11(13)12-10-7-8-3-5-9(10)6-4-8/h8-10H,2-7H2,1H3,(H,12,13). The molecule has 80 valence electrons. The number of fused-ring (bicyclic) bond motifs is 3. The van der Waals surface area contributed by atoms with E-state index < -0.39 is 0 Å². The summed E-state index contributed by atoms with van der Waals surface area (Å²) in [6.45, 7) is 2.30. The van der Waals surface area contributed by atoms with Crippen molar-refractivity contribution in [2.24, 2.45) is 11.8 Å². The highest BCUT2D eigenvalue weighted by Crippen LogP contribution is 2.41. The second kappa shape index (κ2) is 4.20.